The first-order valence-electron chi connectivity index (χ1n) is 6.20. The summed E-state index contributed by atoms with van der Waals surface area (Å²) in [5, 5.41) is 18.0. The van der Waals surface area contributed by atoms with Crippen molar-refractivity contribution < 1.29 is 10.2 Å². The van der Waals surface area contributed by atoms with E-state index in [0.717, 1.165) is 12.8 Å². The predicted octanol–water partition coefficient (Wildman–Crippen LogP) is 3.94. The molecular weight excluding hydrogens is 256 g/mol. The Morgan fingerprint density at radius 1 is 0.800 bits per heavy atom. The maximum atomic E-state index is 8.99. The summed E-state index contributed by atoms with van der Waals surface area (Å²) in [6.45, 7) is 2.23. The smallest absolute Gasteiger partial charge is 0.221 e. The number of unbranched alkanes of at least 4 members (excludes halogenated alkanes) is 8. The van der Waals surface area contributed by atoms with Crippen LogP contribution in [0.3, 0.4) is 0 Å². The number of rotatable bonds is 10. The Labute approximate surface area is 102 Å². The average molecular weight is 281 g/mol. The number of aliphatic hydroxyl groups is 2. The molecule has 0 saturated heterocycles. The molecule has 0 saturated carbocycles. The summed E-state index contributed by atoms with van der Waals surface area (Å²) in [7, 11) is 0. The molecule has 0 unspecified atom stereocenters. The van der Waals surface area contributed by atoms with Crippen molar-refractivity contribution in [3.8, 4) is 0 Å². The summed E-state index contributed by atoms with van der Waals surface area (Å²) in [6.07, 6.45) is 11.6. The molecule has 0 aliphatic heterocycles. The summed E-state index contributed by atoms with van der Waals surface area (Å²) in [6, 6.07) is 0. The minimum atomic E-state index is -1.64. The van der Waals surface area contributed by atoms with E-state index in [-0.39, 0.29) is 0 Å². The lowest BCUT2D eigenvalue weighted by atomic mass is 10.1. The molecule has 0 fully saturated rings. The van der Waals surface area contributed by atoms with E-state index in [2.05, 4.69) is 22.9 Å². The van der Waals surface area contributed by atoms with Crippen molar-refractivity contribution in [3.05, 3.63) is 0 Å². The number of hydrogen-bond acceptors (Lipinski definition) is 2. The van der Waals surface area contributed by atoms with E-state index in [9.17, 15) is 0 Å². The zero-order chi connectivity index (χ0) is 11.6. The van der Waals surface area contributed by atoms with Gasteiger partial charge >= 0.3 is 0 Å². The lowest BCUT2D eigenvalue weighted by molar-refractivity contribution is -0.0753. The molecule has 0 bridgehead atoms. The summed E-state index contributed by atoms with van der Waals surface area (Å²) < 4.78 is -1.64. The monoisotopic (exact) mass is 280 g/mol. The Morgan fingerprint density at radius 3 is 1.60 bits per heavy atom. The van der Waals surface area contributed by atoms with Crippen LogP contribution in [0.25, 0.3) is 0 Å². The lowest BCUT2D eigenvalue weighted by Gasteiger charge is -2.12. The highest BCUT2D eigenvalue weighted by Gasteiger charge is 2.15. The van der Waals surface area contributed by atoms with Crippen LogP contribution in [0, 0.1) is 0 Å². The highest BCUT2D eigenvalue weighted by molar-refractivity contribution is 9.09. The van der Waals surface area contributed by atoms with Gasteiger partial charge in [0.2, 0.25) is 4.70 Å². The molecule has 0 spiro atoms. The molecule has 92 valence electrons. The molecule has 0 atom stereocenters. The Kier molecular flexibility index (Phi) is 9.87. The molecular formula is C12H25BrO2. The molecule has 2 N–H and O–H groups in total. The van der Waals surface area contributed by atoms with Crippen LogP contribution in [0.1, 0.15) is 71.1 Å². The molecule has 3 heteroatoms. The third-order valence-electron chi connectivity index (χ3n) is 2.60. The zero-order valence-electron chi connectivity index (χ0n) is 9.84. The van der Waals surface area contributed by atoms with Crippen LogP contribution in [0.4, 0.5) is 0 Å². The SMILES string of the molecule is CCCCCCCCCCCC(O)(O)Br. The van der Waals surface area contributed by atoms with Gasteiger partial charge in [-0.2, -0.15) is 0 Å². The van der Waals surface area contributed by atoms with Gasteiger partial charge in [0.05, 0.1) is 0 Å². The van der Waals surface area contributed by atoms with Crippen molar-refractivity contribution in [1.29, 1.82) is 0 Å². The Morgan fingerprint density at radius 2 is 1.20 bits per heavy atom. The molecule has 0 aromatic carbocycles. The molecule has 0 amide bonds. The highest BCUT2D eigenvalue weighted by atomic mass is 79.9. The topological polar surface area (TPSA) is 40.5 Å². The van der Waals surface area contributed by atoms with Crippen molar-refractivity contribution in [1.82, 2.24) is 0 Å². The first kappa shape index (κ1) is 15.4. The van der Waals surface area contributed by atoms with E-state index in [1.807, 2.05) is 0 Å². The number of hydrogen-bond donors (Lipinski definition) is 2. The summed E-state index contributed by atoms with van der Waals surface area (Å²) in [5.74, 6) is 0. The van der Waals surface area contributed by atoms with Crippen molar-refractivity contribution in [2.45, 2.75) is 75.8 Å². The molecule has 0 aliphatic carbocycles. The van der Waals surface area contributed by atoms with Gasteiger partial charge in [0, 0.05) is 6.42 Å². The molecule has 0 radical (unpaired) electrons. The lowest BCUT2D eigenvalue weighted by Crippen LogP contribution is -2.17. The fraction of sp³-hybridized carbons (Fsp3) is 1.00. The van der Waals surface area contributed by atoms with Gasteiger partial charge in [-0.05, 0) is 22.4 Å². The molecule has 2 nitrogen and oxygen atoms in total. The van der Waals surface area contributed by atoms with Crippen LogP contribution in [0.2, 0.25) is 0 Å². The van der Waals surface area contributed by atoms with E-state index >= 15 is 0 Å². The quantitative estimate of drug-likeness (QED) is 0.362. The Bertz CT molecular complexity index is 132. The zero-order valence-corrected chi connectivity index (χ0v) is 11.4. The first-order chi connectivity index (χ1) is 7.06. The average Bonchev–Trinajstić information content (AvgIpc) is 2.14. The van der Waals surface area contributed by atoms with Crippen molar-refractivity contribution in [2.75, 3.05) is 0 Å². The van der Waals surface area contributed by atoms with E-state index in [1.54, 1.807) is 0 Å². The van der Waals surface area contributed by atoms with Gasteiger partial charge in [-0.3, -0.25) is 0 Å². The van der Waals surface area contributed by atoms with E-state index in [0.29, 0.717) is 6.42 Å². The van der Waals surface area contributed by atoms with Gasteiger partial charge in [-0.25, -0.2) is 0 Å². The second-order valence-corrected chi connectivity index (χ2v) is 5.57. The molecule has 0 rings (SSSR count). The summed E-state index contributed by atoms with van der Waals surface area (Å²) in [4.78, 5) is 0. The predicted molar refractivity (Wildman–Crippen MR) is 67.9 cm³/mol. The van der Waals surface area contributed by atoms with Gasteiger partial charge in [-0.15, -0.1) is 0 Å². The fourth-order valence-electron chi connectivity index (χ4n) is 1.66. The molecule has 0 aliphatic rings. The number of halogens is 1. The molecule has 0 aromatic heterocycles. The fourth-order valence-corrected chi connectivity index (χ4v) is 1.94. The van der Waals surface area contributed by atoms with Crippen molar-refractivity contribution in [3.63, 3.8) is 0 Å². The summed E-state index contributed by atoms with van der Waals surface area (Å²) >= 11 is 2.80. The second kappa shape index (κ2) is 9.61. The molecule has 15 heavy (non-hydrogen) atoms. The maximum absolute atomic E-state index is 8.99. The van der Waals surface area contributed by atoms with Gasteiger partial charge in [-0.1, -0.05) is 58.3 Å². The van der Waals surface area contributed by atoms with E-state index in [4.69, 9.17) is 10.2 Å². The van der Waals surface area contributed by atoms with Crippen LogP contribution in [0.5, 0.6) is 0 Å². The van der Waals surface area contributed by atoms with Gasteiger partial charge in [0.25, 0.3) is 0 Å². The van der Waals surface area contributed by atoms with Crippen LogP contribution < -0.4 is 0 Å². The van der Waals surface area contributed by atoms with Gasteiger partial charge < -0.3 is 10.2 Å². The molecule has 0 aromatic rings. The largest absolute Gasteiger partial charge is 0.357 e. The third-order valence-corrected chi connectivity index (χ3v) is 2.99. The van der Waals surface area contributed by atoms with Crippen LogP contribution in [0.15, 0.2) is 0 Å². The maximum Gasteiger partial charge on any atom is 0.221 e. The van der Waals surface area contributed by atoms with Crippen LogP contribution in [-0.4, -0.2) is 14.9 Å². The first-order valence-corrected chi connectivity index (χ1v) is 6.99. The minimum absolute atomic E-state index is 0.419. The third kappa shape index (κ3) is 14.4. The van der Waals surface area contributed by atoms with Gasteiger partial charge in [0.15, 0.2) is 0 Å². The Hall–Kier alpha value is 0.400. The number of alkyl halides is 1. The Balaban J connectivity index is 2.99. The normalized spacial score (nSPS) is 12.0. The standard InChI is InChI=1S/C12H25BrO2/c1-2-3-4-5-6-7-8-9-10-11-12(13,14)15/h14-15H,2-11H2,1H3. The molecule has 0 heterocycles. The summed E-state index contributed by atoms with van der Waals surface area (Å²) in [5.41, 5.74) is 0. The van der Waals surface area contributed by atoms with Crippen LogP contribution >= 0.6 is 15.9 Å². The van der Waals surface area contributed by atoms with Crippen molar-refractivity contribution in [2.24, 2.45) is 0 Å². The van der Waals surface area contributed by atoms with Gasteiger partial charge in [0.1, 0.15) is 0 Å². The minimum Gasteiger partial charge on any atom is -0.357 e. The van der Waals surface area contributed by atoms with E-state index < -0.39 is 4.70 Å². The second-order valence-electron chi connectivity index (χ2n) is 4.30. The van der Waals surface area contributed by atoms with E-state index in [1.165, 1.54) is 44.9 Å². The van der Waals surface area contributed by atoms with Crippen molar-refractivity contribution >= 4 is 15.9 Å². The highest BCUT2D eigenvalue weighted by Crippen LogP contribution is 2.19. The van der Waals surface area contributed by atoms with Crippen LogP contribution in [-0.2, 0) is 0 Å².